The summed E-state index contributed by atoms with van der Waals surface area (Å²) in [5.41, 5.74) is 0.939. The molecule has 0 radical (unpaired) electrons. The lowest BCUT2D eigenvalue weighted by Gasteiger charge is -2.41. The summed E-state index contributed by atoms with van der Waals surface area (Å²) in [6, 6.07) is 1.79. The van der Waals surface area contributed by atoms with Crippen LogP contribution in [0.3, 0.4) is 0 Å². The van der Waals surface area contributed by atoms with E-state index in [9.17, 15) is 9.59 Å². The zero-order valence-corrected chi connectivity index (χ0v) is 11.7. The highest BCUT2D eigenvalue weighted by molar-refractivity contribution is 5.76. The number of rotatable bonds is 5. The summed E-state index contributed by atoms with van der Waals surface area (Å²) in [6.07, 6.45) is 2.56. The summed E-state index contributed by atoms with van der Waals surface area (Å²) in [5, 5.41) is 15.9. The maximum Gasteiger partial charge on any atom is 0.317 e. The van der Waals surface area contributed by atoms with Gasteiger partial charge in [-0.05, 0) is 6.07 Å². The van der Waals surface area contributed by atoms with E-state index < -0.39 is 11.9 Å². The predicted octanol–water partition coefficient (Wildman–Crippen LogP) is 0.325. The number of carbonyl (C=O) groups excluding carboxylic acids is 1. The third-order valence-corrected chi connectivity index (χ3v) is 3.72. The first-order valence-corrected chi connectivity index (χ1v) is 6.71. The van der Waals surface area contributed by atoms with Gasteiger partial charge in [0.1, 0.15) is 0 Å². The standard InChI is InChI=1S/C13H20N4O3/c1-9(12(18)19)10-7-17(8-10)13(20)14-5-3-11-4-6-16(2)15-11/h4,6,9-10H,3,5,7-8H2,1-2H3,(H,14,20)(H,18,19). The van der Waals surface area contributed by atoms with E-state index in [1.807, 2.05) is 19.3 Å². The molecule has 7 heteroatoms. The van der Waals surface area contributed by atoms with Crippen LogP contribution in [0.2, 0.25) is 0 Å². The average molecular weight is 280 g/mol. The fraction of sp³-hybridized carbons (Fsp3) is 0.615. The molecule has 0 aromatic carbocycles. The van der Waals surface area contributed by atoms with Crippen molar-refractivity contribution >= 4 is 12.0 Å². The molecule has 2 rings (SSSR count). The monoisotopic (exact) mass is 280 g/mol. The van der Waals surface area contributed by atoms with Crippen molar-refractivity contribution in [1.29, 1.82) is 0 Å². The topological polar surface area (TPSA) is 87.5 Å². The third-order valence-electron chi connectivity index (χ3n) is 3.72. The maximum atomic E-state index is 11.8. The predicted molar refractivity (Wildman–Crippen MR) is 72.2 cm³/mol. The summed E-state index contributed by atoms with van der Waals surface area (Å²) in [7, 11) is 1.85. The molecule has 0 aliphatic carbocycles. The van der Waals surface area contributed by atoms with Gasteiger partial charge in [0.15, 0.2) is 0 Å². The summed E-state index contributed by atoms with van der Waals surface area (Å²) in [5.74, 6) is -1.13. The van der Waals surface area contributed by atoms with Gasteiger partial charge >= 0.3 is 12.0 Å². The molecule has 1 aromatic heterocycles. The number of nitrogens with zero attached hydrogens (tertiary/aromatic N) is 3. The molecular formula is C13H20N4O3. The summed E-state index contributed by atoms with van der Waals surface area (Å²) < 4.78 is 1.73. The van der Waals surface area contributed by atoms with Crippen molar-refractivity contribution in [2.45, 2.75) is 13.3 Å². The minimum Gasteiger partial charge on any atom is -0.481 e. The van der Waals surface area contributed by atoms with Crippen molar-refractivity contribution in [2.24, 2.45) is 18.9 Å². The lowest BCUT2D eigenvalue weighted by atomic mass is 9.87. The van der Waals surface area contributed by atoms with Crippen molar-refractivity contribution in [3.8, 4) is 0 Å². The molecule has 2 heterocycles. The molecule has 1 atom stereocenters. The Labute approximate surface area is 117 Å². The second-order valence-corrected chi connectivity index (χ2v) is 5.25. The second kappa shape index (κ2) is 5.94. The molecule has 0 spiro atoms. The van der Waals surface area contributed by atoms with Gasteiger partial charge in [0.05, 0.1) is 11.6 Å². The van der Waals surface area contributed by atoms with Crippen LogP contribution in [0.25, 0.3) is 0 Å². The van der Waals surface area contributed by atoms with Crippen molar-refractivity contribution in [1.82, 2.24) is 20.0 Å². The summed E-state index contributed by atoms with van der Waals surface area (Å²) >= 11 is 0. The molecule has 2 N–H and O–H groups in total. The Balaban J connectivity index is 1.66. The van der Waals surface area contributed by atoms with Gasteiger partial charge in [-0.25, -0.2) is 4.79 Å². The summed E-state index contributed by atoms with van der Waals surface area (Å²) in [4.78, 5) is 24.3. The Morgan fingerprint density at radius 3 is 2.80 bits per heavy atom. The van der Waals surface area contributed by atoms with E-state index in [0.29, 0.717) is 26.1 Å². The van der Waals surface area contributed by atoms with Crippen molar-refractivity contribution in [2.75, 3.05) is 19.6 Å². The van der Waals surface area contributed by atoms with Crippen molar-refractivity contribution in [3.05, 3.63) is 18.0 Å². The molecule has 1 aromatic rings. The number of carbonyl (C=O) groups is 2. The highest BCUT2D eigenvalue weighted by Gasteiger charge is 2.36. The Morgan fingerprint density at radius 2 is 2.25 bits per heavy atom. The zero-order valence-electron chi connectivity index (χ0n) is 11.7. The van der Waals surface area contributed by atoms with E-state index in [1.54, 1.807) is 16.5 Å². The number of aromatic nitrogens is 2. The normalized spacial score (nSPS) is 16.6. The largest absolute Gasteiger partial charge is 0.481 e. The van der Waals surface area contributed by atoms with Crippen LogP contribution in [0.1, 0.15) is 12.6 Å². The number of aliphatic carboxylic acids is 1. The molecule has 20 heavy (non-hydrogen) atoms. The van der Waals surface area contributed by atoms with Crippen LogP contribution in [0.4, 0.5) is 4.79 Å². The van der Waals surface area contributed by atoms with E-state index in [0.717, 1.165) is 5.69 Å². The van der Waals surface area contributed by atoms with Gasteiger partial charge in [-0.1, -0.05) is 6.92 Å². The Bertz CT molecular complexity index is 494. The number of aryl methyl sites for hydroxylation is 1. The molecule has 1 unspecified atom stereocenters. The number of carboxylic acid groups (broad SMARTS) is 1. The molecule has 110 valence electrons. The number of carboxylic acids is 1. The minimum absolute atomic E-state index is 0.0639. The Kier molecular flexibility index (Phi) is 4.26. The van der Waals surface area contributed by atoms with Crippen LogP contribution < -0.4 is 5.32 Å². The maximum absolute atomic E-state index is 11.8. The number of urea groups is 1. The number of likely N-dealkylation sites (tertiary alicyclic amines) is 1. The first-order chi connectivity index (χ1) is 9.47. The van der Waals surface area contributed by atoms with E-state index in [-0.39, 0.29) is 11.9 Å². The molecule has 2 amide bonds. The molecule has 1 aliphatic heterocycles. The average Bonchev–Trinajstić information content (AvgIpc) is 2.73. The SMILES string of the molecule is CC(C(=O)O)C1CN(C(=O)NCCc2ccn(C)n2)C1. The number of amides is 2. The Hall–Kier alpha value is -2.05. The lowest BCUT2D eigenvalue weighted by Crippen LogP contribution is -2.56. The highest BCUT2D eigenvalue weighted by Crippen LogP contribution is 2.23. The highest BCUT2D eigenvalue weighted by atomic mass is 16.4. The molecule has 1 aliphatic rings. The van der Waals surface area contributed by atoms with Crippen LogP contribution in [-0.2, 0) is 18.3 Å². The van der Waals surface area contributed by atoms with E-state index in [2.05, 4.69) is 10.4 Å². The molecule has 0 saturated carbocycles. The van der Waals surface area contributed by atoms with Gasteiger partial charge in [-0.3, -0.25) is 9.48 Å². The van der Waals surface area contributed by atoms with Gasteiger partial charge in [0.2, 0.25) is 0 Å². The lowest BCUT2D eigenvalue weighted by molar-refractivity contribution is -0.144. The van der Waals surface area contributed by atoms with E-state index in [4.69, 9.17) is 5.11 Å². The van der Waals surface area contributed by atoms with Crippen molar-refractivity contribution in [3.63, 3.8) is 0 Å². The van der Waals surface area contributed by atoms with Crippen LogP contribution in [0.15, 0.2) is 12.3 Å². The van der Waals surface area contributed by atoms with Crippen LogP contribution in [-0.4, -0.2) is 51.4 Å². The van der Waals surface area contributed by atoms with Crippen LogP contribution in [0.5, 0.6) is 0 Å². The molecule has 0 bridgehead atoms. The van der Waals surface area contributed by atoms with Gasteiger partial charge < -0.3 is 15.3 Å². The first kappa shape index (κ1) is 14.4. The van der Waals surface area contributed by atoms with Crippen LogP contribution >= 0.6 is 0 Å². The number of hydrogen-bond donors (Lipinski definition) is 2. The number of nitrogens with one attached hydrogen (secondary N) is 1. The van der Waals surface area contributed by atoms with Gasteiger partial charge in [0.25, 0.3) is 0 Å². The Morgan fingerprint density at radius 1 is 1.55 bits per heavy atom. The molecular weight excluding hydrogens is 260 g/mol. The first-order valence-electron chi connectivity index (χ1n) is 6.71. The smallest absolute Gasteiger partial charge is 0.317 e. The molecule has 7 nitrogen and oxygen atoms in total. The fourth-order valence-corrected chi connectivity index (χ4v) is 2.20. The fourth-order valence-electron chi connectivity index (χ4n) is 2.20. The van der Waals surface area contributed by atoms with Gasteiger partial charge in [0, 0.05) is 45.2 Å². The van der Waals surface area contributed by atoms with E-state index >= 15 is 0 Å². The van der Waals surface area contributed by atoms with E-state index in [1.165, 1.54) is 0 Å². The van der Waals surface area contributed by atoms with Gasteiger partial charge in [-0.15, -0.1) is 0 Å². The van der Waals surface area contributed by atoms with Crippen LogP contribution in [0, 0.1) is 11.8 Å². The molecule has 1 fully saturated rings. The summed E-state index contributed by atoms with van der Waals surface area (Å²) in [6.45, 7) is 3.25. The zero-order chi connectivity index (χ0) is 14.7. The third kappa shape index (κ3) is 3.28. The molecule has 1 saturated heterocycles. The quantitative estimate of drug-likeness (QED) is 0.813. The van der Waals surface area contributed by atoms with Crippen molar-refractivity contribution < 1.29 is 14.7 Å². The van der Waals surface area contributed by atoms with Gasteiger partial charge in [-0.2, -0.15) is 5.10 Å². The second-order valence-electron chi connectivity index (χ2n) is 5.25. The minimum atomic E-state index is -0.801. The number of hydrogen-bond acceptors (Lipinski definition) is 3.